The van der Waals surface area contributed by atoms with E-state index >= 15 is 0 Å². The van der Waals surface area contributed by atoms with E-state index in [1.807, 2.05) is 6.92 Å². The van der Waals surface area contributed by atoms with Crippen molar-refractivity contribution in [2.75, 3.05) is 13.2 Å². The molecule has 1 aliphatic rings. The maximum Gasteiger partial charge on any atom is 0.0984 e. The van der Waals surface area contributed by atoms with E-state index in [1.54, 1.807) is 11.3 Å². The van der Waals surface area contributed by atoms with Gasteiger partial charge in [0.1, 0.15) is 0 Å². The zero-order valence-electron chi connectivity index (χ0n) is 9.32. The smallest absolute Gasteiger partial charge is 0.0984 e. The van der Waals surface area contributed by atoms with Crippen molar-refractivity contribution in [2.24, 2.45) is 5.73 Å². The fraction of sp³-hybridized carbons (Fsp3) is 0.727. The first-order valence-corrected chi connectivity index (χ1v) is 6.34. The van der Waals surface area contributed by atoms with Crippen molar-refractivity contribution in [3.8, 4) is 0 Å². The normalized spacial score (nSPS) is 25.4. The summed E-state index contributed by atoms with van der Waals surface area (Å²) in [5.41, 5.74) is 6.90. The van der Waals surface area contributed by atoms with Crippen LogP contribution >= 0.6 is 11.3 Å². The van der Waals surface area contributed by atoms with Crippen molar-refractivity contribution in [2.45, 2.75) is 38.1 Å². The highest BCUT2D eigenvalue weighted by molar-refractivity contribution is 7.09. The second-order valence-corrected chi connectivity index (χ2v) is 5.29. The Morgan fingerprint density at radius 1 is 1.73 bits per heavy atom. The quantitative estimate of drug-likeness (QED) is 0.859. The average Bonchev–Trinajstić information content (AvgIpc) is 2.88. The van der Waals surface area contributed by atoms with Crippen LogP contribution in [-0.4, -0.2) is 18.2 Å². The highest BCUT2D eigenvalue weighted by atomic mass is 32.1. The van der Waals surface area contributed by atoms with Gasteiger partial charge in [0.15, 0.2) is 0 Å². The minimum atomic E-state index is -0.284. The minimum Gasteiger partial charge on any atom is -0.381 e. The molecule has 1 fully saturated rings. The van der Waals surface area contributed by atoms with Gasteiger partial charge in [-0.05, 0) is 19.8 Å². The van der Waals surface area contributed by atoms with Gasteiger partial charge in [0.2, 0.25) is 0 Å². The summed E-state index contributed by atoms with van der Waals surface area (Å²) >= 11 is 1.72. The number of hydrogen-bond donors (Lipinski definition) is 1. The van der Waals surface area contributed by atoms with Gasteiger partial charge in [-0.25, -0.2) is 4.98 Å². The number of nitrogens with zero attached hydrogens (tertiary/aromatic N) is 1. The summed E-state index contributed by atoms with van der Waals surface area (Å²) in [6.07, 6.45) is 2.01. The largest absolute Gasteiger partial charge is 0.381 e. The minimum absolute atomic E-state index is 0.284. The Morgan fingerprint density at radius 2 is 2.53 bits per heavy atom. The zero-order chi connectivity index (χ0) is 10.9. The molecule has 2 unspecified atom stereocenters. The van der Waals surface area contributed by atoms with Gasteiger partial charge >= 0.3 is 0 Å². The van der Waals surface area contributed by atoms with Gasteiger partial charge in [-0.1, -0.05) is 6.92 Å². The van der Waals surface area contributed by atoms with Crippen LogP contribution in [0.1, 0.15) is 43.3 Å². The Balaban J connectivity index is 2.16. The van der Waals surface area contributed by atoms with Crippen molar-refractivity contribution < 1.29 is 4.74 Å². The van der Waals surface area contributed by atoms with E-state index in [0.717, 1.165) is 31.7 Å². The van der Waals surface area contributed by atoms with E-state index in [1.165, 1.54) is 5.01 Å². The van der Waals surface area contributed by atoms with Gasteiger partial charge in [0.05, 0.1) is 22.8 Å². The molecule has 84 valence electrons. The number of ether oxygens (including phenoxy) is 1. The van der Waals surface area contributed by atoms with E-state index < -0.39 is 0 Å². The molecule has 15 heavy (non-hydrogen) atoms. The highest BCUT2D eigenvalue weighted by Gasteiger charge is 2.26. The maximum atomic E-state index is 6.16. The lowest BCUT2D eigenvalue weighted by molar-refractivity contribution is 0.194. The Bertz CT molecular complexity index is 329. The third-order valence-corrected chi connectivity index (χ3v) is 4.13. The van der Waals surface area contributed by atoms with Crippen LogP contribution in [0.3, 0.4) is 0 Å². The van der Waals surface area contributed by atoms with Crippen molar-refractivity contribution in [3.63, 3.8) is 0 Å². The molecule has 1 saturated heterocycles. The molecular formula is C11H18N2OS. The van der Waals surface area contributed by atoms with E-state index in [-0.39, 0.29) is 5.54 Å². The Morgan fingerprint density at radius 3 is 3.13 bits per heavy atom. The van der Waals surface area contributed by atoms with Crippen LogP contribution in [0.4, 0.5) is 0 Å². The third-order valence-electron chi connectivity index (χ3n) is 3.12. The predicted molar refractivity (Wildman–Crippen MR) is 62.1 cm³/mol. The predicted octanol–water partition coefficient (Wildman–Crippen LogP) is 2.23. The van der Waals surface area contributed by atoms with Gasteiger partial charge in [0.25, 0.3) is 0 Å². The van der Waals surface area contributed by atoms with Crippen LogP contribution < -0.4 is 5.73 Å². The summed E-state index contributed by atoms with van der Waals surface area (Å²) in [5.74, 6) is 0.497. The van der Waals surface area contributed by atoms with Gasteiger partial charge < -0.3 is 10.5 Å². The molecule has 0 saturated carbocycles. The number of thiazole rings is 1. The van der Waals surface area contributed by atoms with E-state index in [4.69, 9.17) is 10.5 Å². The molecule has 1 aromatic heterocycles. The molecule has 0 aromatic carbocycles. The van der Waals surface area contributed by atoms with Crippen LogP contribution in [0.2, 0.25) is 0 Å². The first kappa shape index (κ1) is 11.0. The van der Waals surface area contributed by atoms with E-state index in [9.17, 15) is 0 Å². The summed E-state index contributed by atoms with van der Waals surface area (Å²) in [6.45, 7) is 5.82. The van der Waals surface area contributed by atoms with Gasteiger partial charge in [-0.2, -0.15) is 0 Å². The van der Waals surface area contributed by atoms with Crippen LogP contribution in [0.15, 0.2) is 5.38 Å². The molecule has 0 radical (unpaired) electrons. The molecule has 4 heteroatoms. The highest BCUT2D eigenvalue weighted by Crippen LogP contribution is 2.31. The molecule has 2 rings (SSSR count). The molecule has 0 aliphatic carbocycles. The molecule has 0 bridgehead atoms. The summed E-state index contributed by atoms with van der Waals surface area (Å²) < 4.78 is 5.37. The maximum absolute atomic E-state index is 6.16. The molecule has 1 aromatic rings. The van der Waals surface area contributed by atoms with E-state index in [2.05, 4.69) is 17.3 Å². The Kier molecular flexibility index (Phi) is 3.09. The molecule has 1 aliphatic heterocycles. The summed E-state index contributed by atoms with van der Waals surface area (Å²) in [4.78, 5) is 4.65. The lowest BCUT2D eigenvalue weighted by atomic mass is 9.97. The van der Waals surface area contributed by atoms with Crippen LogP contribution in [0.25, 0.3) is 0 Å². The van der Waals surface area contributed by atoms with Crippen LogP contribution in [0, 0.1) is 0 Å². The molecule has 0 amide bonds. The molecule has 3 nitrogen and oxygen atoms in total. The third kappa shape index (κ3) is 2.22. The van der Waals surface area contributed by atoms with Crippen LogP contribution in [0.5, 0.6) is 0 Å². The number of nitrogens with two attached hydrogens (primary N) is 1. The van der Waals surface area contributed by atoms with Crippen molar-refractivity contribution in [1.29, 1.82) is 0 Å². The van der Waals surface area contributed by atoms with Crippen molar-refractivity contribution in [3.05, 3.63) is 16.1 Å². The second kappa shape index (κ2) is 4.20. The fourth-order valence-electron chi connectivity index (χ4n) is 1.65. The lowest BCUT2D eigenvalue weighted by Crippen LogP contribution is -2.32. The first-order chi connectivity index (χ1) is 7.13. The van der Waals surface area contributed by atoms with Crippen LogP contribution in [-0.2, 0) is 10.3 Å². The second-order valence-electron chi connectivity index (χ2n) is 4.40. The van der Waals surface area contributed by atoms with Gasteiger partial charge in [0, 0.05) is 17.9 Å². The van der Waals surface area contributed by atoms with Gasteiger partial charge in [-0.3, -0.25) is 0 Å². The molecule has 2 N–H and O–H groups in total. The topological polar surface area (TPSA) is 48.1 Å². The Hall–Kier alpha value is -0.450. The number of rotatable bonds is 3. The standard InChI is InChI=1S/C11H18N2OS/c1-3-11(2,12)9-7-15-10(13-9)8-4-5-14-6-8/h7-8H,3-6,12H2,1-2H3. The number of aromatic nitrogens is 1. The molecule has 2 atom stereocenters. The summed E-state index contributed by atoms with van der Waals surface area (Å²) in [5, 5.41) is 3.28. The van der Waals surface area contributed by atoms with E-state index in [0.29, 0.717) is 5.92 Å². The SMILES string of the molecule is CCC(C)(N)c1csc(C2CCOC2)n1. The van der Waals surface area contributed by atoms with Crippen molar-refractivity contribution in [1.82, 2.24) is 4.98 Å². The Labute approximate surface area is 94.7 Å². The van der Waals surface area contributed by atoms with Crippen molar-refractivity contribution >= 4 is 11.3 Å². The summed E-state index contributed by atoms with van der Waals surface area (Å²) in [7, 11) is 0. The molecule has 2 heterocycles. The molecular weight excluding hydrogens is 208 g/mol. The lowest BCUT2D eigenvalue weighted by Gasteiger charge is -2.19. The number of hydrogen-bond acceptors (Lipinski definition) is 4. The monoisotopic (exact) mass is 226 g/mol. The zero-order valence-corrected chi connectivity index (χ0v) is 10.1. The van der Waals surface area contributed by atoms with Gasteiger partial charge in [-0.15, -0.1) is 11.3 Å². The average molecular weight is 226 g/mol. The molecule has 0 spiro atoms. The summed E-state index contributed by atoms with van der Waals surface area (Å²) in [6, 6.07) is 0. The first-order valence-electron chi connectivity index (χ1n) is 5.46. The fourth-order valence-corrected chi connectivity index (χ4v) is 2.73.